The Labute approximate surface area is 120 Å². The van der Waals surface area contributed by atoms with E-state index in [4.69, 9.17) is 10.2 Å². The highest BCUT2D eigenvalue weighted by Gasteiger charge is 2.48. The molecule has 2 fully saturated rings. The van der Waals surface area contributed by atoms with Crippen molar-refractivity contribution in [3.8, 4) is 0 Å². The normalized spacial score (nSPS) is 28.3. The van der Waals surface area contributed by atoms with E-state index < -0.39 is 11.9 Å². The molecule has 0 aromatic rings. The molecule has 0 aromatic heterocycles. The second-order valence-electron chi connectivity index (χ2n) is 5.08. The number of thioether (sulfide) groups is 1. The average Bonchev–Trinajstić information content (AvgIpc) is 2.86. The van der Waals surface area contributed by atoms with Gasteiger partial charge in [0.25, 0.3) is 0 Å². The molecule has 3 atom stereocenters. The number of hydrogen-bond acceptors (Lipinski definition) is 4. The van der Waals surface area contributed by atoms with Crippen LogP contribution in [0.15, 0.2) is 0 Å². The molecule has 0 aromatic carbocycles. The van der Waals surface area contributed by atoms with Crippen LogP contribution < -0.4 is 5.32 Å². The molecule has 7 nitrogen and oxygen atoms in total. The van der Waals surface area contributed by atoms with Crippen LogP contribution in [0.25, 0.3) is 0 Å². The summed E-state index contributed by atoms with van der Waals surface area (Å²) >= 11 is 1.73. The predicted molar refractivity (Wildman–Crippen MR) is 72.8 cm³/mol. The third-order valence-corrected chi connectivity index (χ3v) is 5.17. The zero-order valence-electron chi connectivity index (χ0n) is 10.9. The van der Waals surface area contributed by atoms with Crippen molar-refractivity contribution >= 4 is 29.7 Å². The molecule has 112 valence electrons. The fraction of sp³-hybridized carbons (Fsp3) is 0.750. The molecule has 20 heavy (non-hydrogen) atoms. The molecule has 8 heteroatoms. The molecule has 3 N–H and O–H groups in total. The molecule has 2 saturated heterocycles. The first kappa shape index (κ1) is 15.0. The molecule has 2 amide bonds. The van der Waals surface area contributed by atoms with Crippen molar-refractivity contribution in [2.45, 2.75) is 43.0 Å². The number of nitrogens with one attached hydrogen (secondary N) is 1. The topological polar surface area (TPSA) is 107 Å². The minimum Gasteiger partial charge on any atom is -0.481 e. The van der Waals surface area contributed by atoms with Gasteiger partial charge in [0.2, 0.25) is 0 Å². The molecule has 2 heterocycles. The minimum atomic E-state index is -1.00. The van der Waals surface area contributed by atoms with E-state index in [9.17, 15) is 14.4 Å². The molecule has 2 rings (SSSR count). The number of carbonyl (C=O) groups excluding carboxylic acids is 1. The summed E-state index contributed by atoms with van der Waals surface area (Å²) in [6, 6.07) is -0.386. The van der Waals surface area contributed by atoms with E-state index in [0.29, 0.717) is 6.42 Å². The number of amides is 2. The van der Waals surface area contributed by atoms with Gasteiger partial charge in [-0.2, -0.15) is 11.8 Å². The Morgan fingerprint density at radius 3 is 2.70 bits per heavy atom. The lowest BCUT2D eigenvalue weighted by molar-refractivity contribution is -0.138. The van der Waals surface area contributed by atoms with Crippen molar-refractivity contribution in [2.24, 2.45) is 0 Å². The van der Waals surface area contributed by atoms with E-state index in [-0.39, 0.29) is 36.3 Å². The molecule has 0 saturated carbocycles. The Balaban J connectivity index is 1.83. The molecule has 0 aliphatic carbocycles. The summed E-state index contributed by atoms with van der Waals surface area (Å²) < 4.78 is 0. The van der Waals surface area contributed by atoms with Crippen molar-refractivity contribution < 1.29 is 24.6 Å². The van der Waals surface area contributed by atoms with Crippen molar-refractivity contribution in [3.05, 3.63) is 0 Å². The number of carboxylic acids is 2. The maximum Gasteiger partial charge on any atom is 0.323 e. The first-order valence-corrected chi connectivity index (χ1v) is 7.66. The van der Waals surface area contributed by atoms with E-state index in [1.165, 1.54) is 4.90 Å². The van der Waals surface area contributed by atoms with Crippen molar-refractivity contribution in [1.82, 2.24) is 10.2 Å². The monoisotopic (exact) mass is 302 g/mol. The molecule has 2 aliphatic rings. The van der Waals surface area contributed by atoms with Crippen LogP contribution in [-0.2, 0) is 9.59 Å². The van der Waals surface area contributed by atoms with Gasteiger partial charge in [0.05, 0.1) is 12.1 Å². The first-order chi connectivity index (χ1) is 9.49. The highest BCUT2D eigenvalue weighted by atomic mass is 32.2. The zero-order valence-corrected chi connectivity index (χ0v) is 11.8. The Morgan fingerprint density at radius 2 is 2.05 bits per heavy atom. The molecule has 1 unspecified atom stereocenters. The summed E-state index contributed by atoms with van der Waals surface area (Å²) in [6.45, 7) is -0.265. The fourth-order valence-corrected chi connectivity index (χ4v) is 4.37. The van der Waals surface area contributed by atoms with Gasteiger partial charge < -0.3 is 20.4 Å². The van der Waals surface area contributed by atoms with Crippen LogP contribution in [0.1, 0.15) is 25.7 Å². The summed E-state index contributed by atoms with van der Waals surface area (Å²) in [5, 5.41) is 20.5. The third kappa shape index (κ3) is 3.36. The van der Waals surface area contributed by atoms with Crippen LogP contribution in [0.5, 0.6) is 0 Å². The van der Waals surface area contributed by atoms with Crippen molar-refractivity contribution in [1.29, 1.82) is 0 Å². The second kappa shape index (κ2) is 6.34. The molecule has 2 aliphatic heterocycles. The Bertz CT molecular complexity index is 417. The quantitative estimate of drug-likeness (QED) is 0.469. The Morgan fingerprint density at radius 1 is 1.30 bits per heavy atom. The van der Waals surface area contributed by atoms with Gasteiger partial charge in [-0.05, 0) is 12.8 Å². The summed E-state index contributed by atoms with van der Waals surface area (Å²) in [5.41, 5.74) is 0. The number of unbranched alkanes of at least 4 members (excludes halogenated alkanes) is 1. The van der Waals surface area contributed by atoms with Crippen LogP contribution in [0, 0.1) is 0 Å². The molecule has 0 bridgehead atoms. The van der Waals surface area contributed by atoms with E-state index >= 15 is 0 Å². The van der Waals surface area contributed by atoms with Crippen LogP contribution >= 0.6 is 11.8 Å². The number of fused-ring (bicyclic) bond motifs is 1. The number of urea groups is 1. The van der Waals surface area contributed by atoms with Crippen LogP contribution in [-0.4, -0.2) is 62.7 Å². The minimum absolute atomic E-state index is 0.0170. The Hall–Kier alpha value is -1.44. The number of rotatable bonds is 7. The Kier molecular flexibility index (Phi) is 4.74. The van der Waals surface area contributed by atoms with Gasteiger partial charge in [0.1, 0.15) is 6.54 Å². The first-order valence-electron chi connectivity index (χ1n) is 6.61. The van der Waals surface area contributed by atoms with Gasteiger partial charge in [-0.15, -0.1) is 0 Å². The molecule has 0 radical (unpaired) electrons. The molecule has 0 spiro atoms. The highest BCUT2D eigenvalue weighted by molar-refractivity contribution is 8.00. The molecular weight excluding hydrogens is 284 g/mol. The van der Waals surface area contributed by atoms with Crippen molar-refractivity contribution in [3.63, 3.8) is 0 Å². The van der Waals surface area contributed by atoms with E-state index in [1.54, 1.807) is 11.8 Å². The number of aliphatic carboxylic acids is 2. The van der Waals surface area contributed by atoms with Gasteiger partial charge in [0, 0.05) is 17.4 Å². The van der Waals surface area contributed by atoms with Crippen LogP contribution in [0.3, 0.4) is 0 Å². The van der Waals surface area contributed by atoms with Crippen molar-refractivity contribution in [2.75, 3.05) is 12.3 Å². The van der Waals surface area contributed by atoms with Gasteiger partial charge >= 0.3 is 18.0 Å². The maximum absolute atomic E-state index is 11.8. The lowest BCUT2D eigenvalue weighted by atomic mass is 10.0. The highest BCUT2D eigenvalue weighted by Crippen LogP contribution is 2.36. The number of hydrogen-bond donors (Lipinski definition) is 3. The fourth-order valence-electron chi connectivity index (χ4n) is 2.75. The zero-order chi connectivity index (χ0) is 14.7. The summed E-state index contributed by atoms with van der Waals surface area (Å²) in [4.78, 5) is 34.3. The van der Waals surface area contributed by atoms with Gasteiger partial charge in [-0.3, -0.25) is 9.59 Å². The average molecular weight is 302 g/mol. The lowest BCUT2D eigenvalue weighted by Crippen LogP contribution is -2.40. The predicted octanol–water partition coefficient (Wildman–Crippen LogP) is 0.594. The second-order valence-corrected chi connectivity index (χ2v) is 6.35. The van der Waals surface area contributed by atoms with Gasteiger partial charge in [0.15, 0.2) is 0 Å². The van der Waals surface area contributed by atoms with E-state index in [0.717, 1.165) is 18.6 Å². The maximum atomic E-state index is 11.8. The van der Waals surface area contributed by atoms with E-state index in [1.807, 2.05) is 0 Å². The van der Waals surface area contributed by atoms with Gasteiger partial charge in [-0.1, -0.05) is 6.42 Å². The SMILES string of the molecule is O=C(O)CCCCC1SC[C@H]2[C@@H]1NC(=O)N2CC(=O)O. The summed E-state index contributed by atoms with van der Waals surface area (Å²) in [6.07, 6.45) is 2.46. The number of nitrogens with zero attached hydrogens (tertiary/aromatic N) is 1. The molecular formula is C12H18N2O5S. The largest absolute Gasteiger partial charge is 0.481 e. The summed E-state index contributed by atoms with van der Waals surface area (Å²) in [7, 11) is 0. The number of carbonyl (C=O) groups is 3. The summed E-state index contributed by atoms with van der Waals surface area (Å²) in [5.74, 6) is -1.06. The number of carboxylic acid groups (broad SMARTS) is 2. The third-order valence-electron chi connectivity index (χ3n) is 3.68. The van der Waals surface area contributed by atoms with Gasteiger partial charge in [-0.25, -0.2) is 4.79 Å². The smallest absolute Gasteiger partial charge is 0.323 e. The van der Waals surface area contributed by atoms with Crippen LogP contribution in [0.4, 0.5) is 4.79 Å². The lowest BCUT2D eigenvalue weighted by Gasteiger charge is -2.19. The van der Waals surface area contributed by atoms with Crippen LogP contribution in [0.2, 0.25) is 0 Å². The van der Waals surface area contributed by atoms with E-state index in [2.05, 4.69) is 5.32 Å². The standard InChI is InChI=1S/C12H18N2O5S/c15-9(16)4-2-1-3-8-11-7(6-20-8)14(5-10(17)18)12(19)13-11/h7-8,11H,1-6H2,(H,13,19)(H,15,16)(H,17,18)/t7-,8?,11-/m0/s1.